The minimum Gasteiger partial charge on any atom is -0.330 e. The van der Waals surface area contributed by atoms with E-state index in [0.717, 1.165) is 23.9 Å². The number of nitrogens with zero attached hydrogens (tertiary/aromatic N) is 1. The quantitative estimate of drug-likeness (QED) is 0.758. The first kappa shape index (κ1) is 14.9. The van der Waals surface area contributed by atoms with E-state index in [9.17, 15) is 0 Å². The summed E-state index contributed by atoms with van der Waals surface area (Å²) in [5.74, 6) is 0. The Hall–Kier alpha value is -0.520. The normalized spacial score (nSPS) is 10.7. The Bertz CT molecular complexity index is 571. The molecular formula is C12H12Cl3N3S. The van der Waals surface area contributed by atoms with Crippen molar-refractivity contribution in [2.24, 2.45) is 0 Å². The Labute approximate surface area is 130 Å². The van der Waals surface area contributed by atoms with Gasteiger partial charge in [0.15, 0.2) is 5.13 Å². The highest BCUT2D eigenvalue weighted by Gasteiger charge is 2.08. The van der Waals surface area contributed by atoms with E-state index >= 15 is 0 Å². The Kier molecular flexibility index (Phi) is 5.30. The van der Waals surface area contributed by atoms with E-state index in [4.69, 9.17) is 34.8 Å². The smallest absolute Gasteiger partial charge is 0.187 e. The van der Waals surface area contributed by atoms with Gasteiger partial charge in [-0.05, 0) is 18.7 Å². The molecule has 102 valence electrons. The fourth-order valence-corrected chi connectivity index (χ4v) is 2.75. The van der Waals surface area contributed by atoms with E-state index in [1.807, 2.05) is 5.38 Å². The lowest BCUT2D eigenvalue weighted by Crippen LogP contribution is -2.11. The van der Waals surface area contributed by atoms with Gasteiger partial charge in [-0.1, -0.05) is 41.7 Å². The van der Waals surface area contributed by atoms with E-state index in [0.29, 0.717) is 20.8 Å². The van der Waals surface area contributed by atoms with Gasteiger partial charge in [0.25, 0.3) is 0 Å². The van der Waals surface area contributed by atoms with Crippen molar-refractivity contribution in [3.8, 4) is 0 Å². The predicted molar refractivity (Wildman–Crippen MR) is 84.2 cm³/mol. The van der Waals surface area contributed by atoms with E-state index in [-0.39, 0.29) is 0 Å². The highest BCUT2D eigenvalue weighted by molar-refractivity contribution is 7.13. The summed E-state index contributed by atoms with van der Waals surface area (Å²) >= 11 is 19.5. The van der Waals surface area contributed by atoms with E-state index in [1.165, 1.54) is 11.3 Å². The summed E-state index contributed by atoms with van der Waals surface area (Å²) in [5.41, 5.74) is 1.69. The van der Waals surface area contributed by atoms with Gasteiger partial charge >= 0.3 is 0 Å². The third-order valence-electron chi connectivity index (χ3n) is 2.36. The molecule has 0 aliphatic carbocycles. The number of hydrogen-bond donors (Lipinski definition) is 2. The maximum absolute atomic E-state index is 6.10. The molecule has 2 N–H and O–H groups in total. The van der Waals surface area contributed by atoms with Gasteiger partial charge in [-0.2, -0.15) is 0 Å². The van der Waals surface area contributed by atoms with Crippen molar-refractivity contribution >= 4 is 57.0 Å². The highest BCUT2D eigenvalue weighted by atomic mass is 35.5. The van der Waals surface area contributed by atoms with Gasteiger partial charge in [0.1, 0.15) is 0 Å². The van der Waals surface area contributed by atoms with Crippen LogP contribution in [0.25, 0.3) is 0 Å². The Morgan fingerprint density at radius 2 is 1.89 bits per heavy atom. The summed E-state index contributed by atoms with van der Waals surface area (Å²) in [6, 6.07) is 3.30. The van der Waals surface area contributed by atoms with Crippen molar-refractivity contribution in [3.63, 3.8) is 0 Å². The fourth-order valence-electron chi connectivity index (χ4n) is 1.43. The van der Waals surface area contributed by atoms with Crippen LogP contribution in [-0.4, -0.2) is 11.5 Å². The molecule has 1 aromatic heterocycles. The third kappa shape index (κ3) is 3.97. The van der Waals surface area contributed by atoms with Crippen LogP contribution in [0.4, 0.5) is 10.8 Å². The van der Waals surface area contributed by atoms with Crippen molar-refractivity contribution in [2.75, 3.05) is 11.9 Å². The average molecular weight is 337 g/mol. The van der Waals surface area contributed by atoms with Gasteiger partial charge in [-0.15, -0.1) is 11.3 Å². The molecule has 0 atom stereocenters. The second kappa shape index (κ2) is 6.77. The predicted octanol–water partition coefficient (Wildman–Crippen LogP) is 4.96. The lowest BCUT2D eigenvalue weighted by Gasteiger charge is -2.07. The topological polar surface area (TPSA) is 37.0 Å². The molecule has 1 heterocycles. The van der Waals surface area contributed by atoms with E-state index < -0.39 is 0 Å². The molecule has 7 heteroatoms. The molecule has 0 spiro atoms. The van der Waals surface area contributed by atoms with Gasteiger partial charge in [0.05, 0.1) is 26.4 Å². The molecule has 0 amide bonds. The average Bonchev–Trinajstić information content (AvgIpc) is 2.81. The molecule has 0 unspecified atom stereocenters. The summed E-state index contributed by atoms with van der Waals surface area (Å²) in [4.78, 5) is 4.45. The molecule has 19 heavy (non-hydrogen) atoms. The standard InChI is InChI=1S/C12H12Cl3N3S/c1-2-16-5-7-6-19-12(17-7)18-11-4-9(14)8(13)3-10(11)15/h3-4,6,16H,2,5H2,1H3,(H,17,18). The SMILES string of the molecule is CCNCc1csc(Nc2cc(Cl)c(Cl)cc2Cl)n1. The number of anilines is 2. The molecule has 0 bridgehead atoms. The molecule has 2 aromatic rings. The first-order chi connectivity index (χ1) is 9.10. The molecule has 0 fully saturated rings. The van der Waals surface area contributed by atoms with Crippen LogP contribution >= 0.6 is 46.1 Å². The van der Waals surface area contributed by atoms with Crippen LogP contribution < -0.4 is 10.6 Å². The van der Waals surface area contributed by atoms with Crippen LogP contribution in [-0.2, 0) is 6.54 Å². The van der Waals surface area contributed by atoms with Gasteiger partial charge in [-0.25, -0.2) is 4.98 Å². The maximum atomic E-state index is 6.10. The van der Waals surface area contributed by atoms with Crippen LogP contribution in [0.15, 0.2) is 17.5 Å². The van der Waals surface area contributed by atoms with Crippen LogP contribution in [0.2, 0.25) is 15.1 Å². The summed E-state index contributed by atoms with van der Waals surface area (Å²) < 4.78 is 0. The van der Waals surface area contributed by atoms with Crippen molar-refractivity contribution in [1.29, 1.82) is 0 Å². The zero-order valence-electron chi connectivity index (χ0n) is 10.1. The number of halogens is 3. The first-order valence-corrected chi connectivity index (χ1v) is 7.68. The molecule has 3 nitrogen and oxygen atoms in total. The molecule has 0 aliphatic rings. The Balaban J connectivity index is 2.12. The minimum atomic E-state index is 0.434. The van der Waals surface area contributed by atoms with Gasteiger partial charge < -0.3 is 10.6 Å². The number of rotatable bonds is 5. The molecule has 0 aliphatic heterocycles. The number of nitrogens with one attached hydrogen (secondary N) is 2. The number of aromatic nitrogens is 1. The van der Waals surface area contributed by atoms with Crippen LogP contribution in [0.5, 0.6) is 0 Å². The van der Waals surface area contributed by atoms with Gasteiger partial charge in [0.2, 0.25) is 0 Å². The Morgan fingerprint density at radius 1 is 1.16 bits per heavy atom. The number of thiazole rings is 1. The lowest BCUT2D eigenvalue weighted by atomic mass is 10.3. The van der Waals surface area contributed by atoms with E-state index in [1.54, 1.807) is 12.1 Å². The summed E-state index contributed by atoms with van der Waals surface area (Å²) in [6.45, 7) is 3.73. The molecule has 0 saturated heterocycles. The largest absolute Gasteiger partial charge is 0.330 e. The number of hydrogen-bond acceptors (Lipinski definition) is 4. The molecule has 0 radical (unpaired) electrons. The molecule has 1 aromatic carbocycles. The van der Waals surface area contributed by atoms with Crippen molar-refractivity contribution in [1.82, 2.24) is 10.3 Å². The number of benzene rings is 1. The molecule has 0 saturated carbocycles. The second-order valence-electron chi connectivity index (χ2n) is 3.80. The fraction of sp³-hybridized carbons (Fsp3) is 0.250. The van der Waals surface area contributed by atoms with Crippen LogP contribution in [0.1, 0.15) is 12.6 Å². The molecular weight excluding hydrogens is 325 g/mol. The zero-order chi connectivity index (χ0) is 13.8. The molecule has 2 rings (SSSR count). The third-order valence-corrected chi connectivity index (χ3v) is 4.20. The van der Waals surface area contributed by atoms with Gasteiger partial charge in [0, 0.05) is 11.9 Å². The lowest BCUT2D eigenvalue weighted by molar-refractivity contribution is 0.715. The van der Waals surface area contributed by atoms with Crippen LogP contribution in [0.3, 0.4) is 0 Å². The van der Waals surface area contributed by atoms with Crippen molar-refractivity contribution in [3.05, 3.63) is 38.3 Å². The van der Waals surface area contributed by atoms with Crippen molar-refractivity contribution in [2.45, 2.75) is 13.5 Å². The van der Waals surface area contributed by atoms with Crippen molar-refractivity contribution < 1.29 is 0 Å². The Morgan fingerprint density at radius 3 is 2.63 bits per heavy atom. The second-order valence-corrected chi connectivity index (χ2v) is 5.88. The van der Waals surface area contributed by atoms with Crippen LogP contribution in [0, 0.1) is 0 Å². The summed E-state index contributed by atoms with van der Waals surface area (Å²) in [5, 5.41) is 10.5. The summed E-state index contributed by atoms with van der Waals surface area (Å²) in [7, 11) is 0. The summed E-state index contributed by atoms with van der Waals surface area (Å²) in [6.07, 6.45) is 0. The first-order valence-electron chi connectivity index (χ1n) is 5.67. The maximum Gasteiger partial charge on any atom is 0.187 e. The minimum absolute atomic E-state index is 0.434. The highest BCUT2D eigenvalue weighted by Crippen LogP contribution is 2.34. The van der Waals surface area contributed by atoms with E-state index in [2.05, 4.69) is 22.5 Å². The monoisotopic (exact) mass is 335 g/mol. The van der Waals surface area contributed by atoms with Gasteiger partial charge in [-0.3, -0.25) is 0 Å². The zero-order valence-corrected chi connectivity index (χ0v) is 13.2.